The largest absolute Gasteiger partial charge is 0.314 e. The zero-order valence-corrected chi connectivity index (χ0v) is 10.5. The second-order valence-electron chi connectivity index (χ2n) is 3.77. The molecule has 0 spiro atoms. The Morgan fingerprint density at radius 2 is 2.14 bits per heavy atom. The van der Waals surface area contributed by atoms with Crippen molar-refractivity contribution in [2.24, 2.45) is 0 Å². The molecule has 1 heterocycles. The summed E-state index contributed by atoms with van der Waals surface area (Å²) in [7, 11) is 1.99. The average Bonchev–Trinajstić information content (AvgIpc) is 2.44. The van der Waals surface area contributed by atoms with E-state index in [1.807, 2.05) is 18.4 Å². The molecule has 0 radical (unpaired) electrons. The predicted molar refractivity (Wildman–Crippen MR) is 66.0 cm³/mol. The van der Waals surface area contributed by atoms with Crippen LogP contribution in [0, 0.1) is 13.8 Å². The van der Waals surface area contributed by atoms with Crippen molar-refractivity contribution in [3.8, 4) is 0 Å². The third kappa shape index (κ3) is 2.69. The lowest BCUT2D eigenvalue weighted by atomic mass is 10.1. The van der Waals surface area contributed by atoms with E-state index in [4.69, 9.17) is 0 Å². The molecular formula is C12H19NS. The number of aryl methyl sites for hydroxylation is 2. The normalized spacial score (nSPS) is 14.5. The second-order valence-corrected chi connectivity index (χ2v) is 5.23. The van der Waals surface area contributed by atoms with Crippen LogP contribution in [-0.4, -0.2) is 13.1 Å². The number of rotatable bonds is 3. The van der Waals surface area contributed by atoms with Gasteiger partial charge in [0, 0.05) is 15.8 Å². The molecule has 1 aromatic rings. The van der Waals surface area contributed by atoms with E-state index in [1.54, 1.807) is 0 Å². The minimum atomic E-state index is 0.453. The molecule has 0 aliphatic carbocycles. The van der Waals surface area contributed by atoms with Crippen LogP contribution in [0.3, 0.4) is 0 Å². The molecule has 0 aromatic carbocycles. The van der Waals surface area contributed by atoms with Gasteiger partial charge in [-0.2, -0.15) is 0 Å². The first-order valence-electron chi connectivity index (χ1n) is 4.97. The summed E-state index contributed by atoms with van der Waals surface area (Å²) in [6, 6.07) is 2.71. The Morgan fingerprint density at radius 1 is 1.50 bits per heavy atom. The summed E-state index contributed by atoms with van der Waals surface area (Å²) < 4.78 is 0. The molecular weight excluding hydrogens is 190 g/mol. The van der Waals surface area contributed by atoms with Crippen LogP contribution in [0.4, 0.5) is 0 Å². The van der Waals surface area contributed by atoms with Crippen molar-refractivity contribution in [1.82, 2.24) is 5.32 Å². The number of likely N-dealkylation sites (N-methyl/N-ethyl adjacent to an activating group) is 1. The summed E-state index contributed by atoms with van der Waals surface area (Å²) in [6.45, 7) is 8.70. The molecule has 0 bridgehead atoms. The molecule has 1 unspecified atom stereocenters. The van der Waals surface area contributed by atoms with Gasteiger partial charge in [-0.1, -0.05) is 11.6 Å². The standard InChI is InChI=1S/C12H19NS/c1-8(10(3)13-5)6-12-7-9(2)14-11(12)4/h6-7,10,13H,1-5H3/b8-6+. The van der Waals surface area contributed by atoms with E-state index < -0.39 is 0 Å². The molecule has 0 aliphatic heterocycles. The highest BCUT2D eigenvalue weighted by atomic mass is 32.1. The quantitative estimate of drug-likeness (QED) is 0.804. The molecule has 1 atom stereocenters. The number of hydrogen-bond acceptors (Lipinski definition) is 2. The summed E-state index contributed by atoms with van der Waals surface area (Å²) >= 11 is 1.87. The minimum absolute atomic E-state index is 0.453. The fraction of sp³-hybridized carbons (Fsp3) is 0.500. The molecule has 78 valence electrons. The van der Waals surface area contributed by atoms with Crippen molar-refractivity contribution < 1.29 is 0 Å². The Kier molecular flexibility index (Phi) is 3.90. The van der Waals surface area contributed by atoms with E-state index in [-0.39, 0.29) is 0 Å². The zero-order valence-electron chi connectivity index (χ0n) is 9.64. The lowest BCUT2D eigenvalue weighted by Crippen LogP contribution is -2.21. The summed E-state index contributed by atoms with van der Waals surface area (Å²) in [5, 5.41) is 3.25. The van der Waals surface area contributed by atoms with Crippen molar-refractivity contribution >= 4 is 17.4 Å². The van der Waals surface area contributed by atoms with Gasteiger partial charge in [-0.15, -0.1) is 11.3 Å². The lowest BCUT2D eigenvalue weighted by molar-refractivity contribution is 0.696. The van der Waals surface area contributed by atoms with Crippen LogP contribution in [-0.2, 0) is 0 Å². The van der Waals surface area contributed by atoms with E-state index in [0.29, 0.717) is 6.04 Å². The van der Waals surface area contributed by atoms with Crippen molar-refractivity contribution in [1.29, 1.82) is 0 Å². The summed E-state index contributed by atoms with van der Waals surface area (Å²) in [4.78, 5) is 2.80. The Bertz CT molecular complexity index is 336. The van der Waals surface area contributed by atoms with Gasteiger partial charge in [-0.3, -0.25) is 0 Å². The molecule has 1 rings (SSSR count). The average molecular weight is 209 g/mol. The van der Waals surface area contributed by atoms with Gasteiger partial charge < -0.3 is 5.32 Å². The van der Waals surface area contributed by atoms with Crippen LogP contribution >= 0.6 is 11.3 Å². The molecule has 0 aliphatic rings. The molecule has 0 fully saturated rings. The Morgan fingerprint density at radius 3 is 2.57 bits per heavy atom. The minimum Gasteiger partial charge on any atom is -0.314 e. The third-order valence-corrected chi connectivity index (χ3v) is 3.56. The topological polar surface area (TPSA) is 12.0 Å². The fourth-order valence-electron chi connectivity index (χ4n) is 1.39. The van der Waals surface area contributed by atoms with Crippen LogP contribution in [0.25, 0.3) is 6.08 Å². The summed E-state index contributed by atoms with van der Waals surface area (Å²) in [6.07, 6.45) is 2.28. The second kappa shape index (κ2) is 4.76. The summed E-state index contributed by atoms with van der Waals surface area (Å²) in [5.74, 6) is 0. The van der Waals surface area contributed by atoms with Crippen molar-refractivity contribution in [2.45, 2.75) is 33.7 Å². The maximum atomic E-state index is 3.25. The van der Waals surface area contributed by atoms with Gasteiger partial charge in [0.25, 0.3) is 0 Å². The molecule has 1 nitrogen and oxygen atoms in total. The van der Waals surface area contributed by atoms with E-state index in [2.05, 4.69) is 45.2 Å². The fourth-order valence-corrected chi connectivity index (χ4v) is 2.30. The smallest absolute Gasteiger partial charge is 0.0248 e. The highest BCUT2D eigenvalue weighted by Crippen LogP contribution is 2.23. The monoisotopic (exact) mass is 209 g/mol. The first-order chi connectivity index (χ1) is 6.54. The SMILES string of the molecule is CNC(C)/C(C)=C/c1cc(C)sc1C. The van der Waals surface area contributed by atoms with Gasteiger partial charge >= 0.3 is 0 Å². The highest BCUT2D eigenvalue weighted by molar-refractivity contribution is 7.12. The Balaban J connectivity index is 2.91. The Labute approximate surface area is 90.9 Å². The lowest BCUT2D eigenvalue weighted by Gasteiger charge is -2.10. The van der Waals surface area contributed by atoms with Gasteiger partial charge in [-0.05, 0) is 46.4 Å². The van der Waals surface area contributed by atoms with Crippen LogP contribution in [0.5, 0.6) is 0 Å². The van der Waals surface area contributed by atoms with Gasteiger partial charge in [0.1, 0.15) is 0 Å². The van der Waals surface area contributed by atoms with Crippen molar-refractivity contribution in [2.75, 3.05) is 7.05 Å². The maximum Gasteiger partial charge on any atom is 0.0248 e. The first kappa shape index (κ1) is 11.5. The van der Waals surface area contributed by atoms with Crippen LogP contribution in [0.2, 0.25) is 0 Å². The Hall–Kier alpha value is -0.600. The van der Waals surface area contributed by atoms with E-state index in [9.17, 15) is 0 Å². The highest BCUT2D eigenvalue weighted by Gasteiger charge is 2.03. The van der Waals surface area contributed by atoms with Gasteiger partial charge in [0.2, 0.25) is 0 Å². The van der Waals surface area contributed by atoms with Crippen molar-refractivity contribution in [3.63, 3.8) is 0 Å². The van der Waals surface area contributed by atoms with E-state index in [0.717, 1.165) is 0 Å². The summed E-state index contributed by atoms with van der Waals surface area (Å²) in [5.41, 5.74) is 2.75. The molecule has 14 heavy (non-hydrogen) atoms. The van der Waals surface area contributed by atoms with Gasteiger partial charge in [0.15, 0.2) is 0 Å². The first-order valence-corrected chi connectivity index (χ1v) is 5.78. The number of hydrogen-bond donors (Lipinski definition) is 1. The molecule has 0 saturated heterocycles. The number of thiophene rings is 1. The molecule has 1 aromatic heterocycles. The maximum absolute atomic E-state index is 3.25. The van der Waals surface area contributed by atoms with Crippen molar-refractivity contribution in [3.05, 3.63) is 27.0 Å². The van der Waals surface area contributed by atoms with E-state index in [1.165, 1.54) is 20.9 Å². The molecule has 0 amide bonds. The van der Waals surface area contributed by atoms with Gasteiger partial charge in [-0.25, -0.2) is 0 Å². The zero-order chi connectivity index (χ0) is 10.7. The molecule has 0 saturated carbocycles. The van der Waals surface area contributed by atoms with Gasteiger partial charge in [0.05, 0.1) is 0 Å². The molecule has 1 N–H and O–H groups in total. The van der Waals surface area contributed by atoms with Crippen LogP contribution < -0.4 is 5.32 Å². The predicted octanol–water partition coefficient (Wildman–Crippen LogP) is 3.38. The van der Waals surface area contributed by atoms with Crippen LogP contribution in [0.1, 0.15) is 29.2 Å². The molecule has 2 heteroatoms. The van der Waals surface area contributed by atoms with E-state index >= 15 is 0 Å². The number of nitrogens with one attached hydrogen (secondary N) is 1. The third-order valence-electron chi connectivity index (χ3n) is 2.58. The van der Waals surface area contributed by atoms with Crippen LogP contribution in [0.15, 0.2) is 11.6 Å².